The summed E-state index contributed by atoms with van der Waals surface area (Å²) in [7, 11) is 1.88. The largest absolute Gasteiger partial charge is 0.373 e. The van der Waals surface area contributed by atoms with Crippen LogP contribution in [-0.4, -0.2) is 23.8 Å². The molecule has 0 amide bonds. The van der Waals surface area contributed by atoms with Crippen molar-refractivity contribution in [2.75, 3.05) is 13.7 Å². The zero-order chi connectivity index (χ0) is 11.1. The number of nitrogens with one attached hydrogen (secondary N) is 1. The van der Waals surface area contributed by atoms with E-state index in [-0.39, 0.29) is 6.04 Å². The molecule has 5 nitrogen and oxygen atoms in total. The van der Waals surface area contributed by atoms with Crippen LogP contribution >= 0.6 is 0 Å². The van der Waals surface area contributed by atoms with Gasteiger partial charge in [-0.1, -0.05) is 19.0 Å². The Hall–Kier alpha value is -0.940. The van der Waals surface area contributed by atoms with Gasteiger partial charge in [-0.05, 0) is 19.9 Å². The minimum Gasteiger partial charge on any atom is -0.373 e. The SMILES string of the molecule is CCCOCc1noc(C(CC)NC)n1. The normalized spacial score (nSPS) is 13.0. The molecule has 0 aliphatic rings. The molecule has 0 saturated heterocycles. The van der Waals surface area contributed by atoms with Crippen molar-refractivity contribution in [3.8, 4) is 0 Å². The third kappa shape index (κ3) is 3.60. The molecule has 0 aliphatic heterocycles. The maximum atomic E-state index is 5.32. The summed E-state index contributed by atoms with van der Waals surface area (Å²) in [6, 6.07) is 0.137. The Balaban J connectivity index is 2.47. The summed E-state index contributed by atoms with van der Waals surface area (Å²) < 4.78 is 10.5. The van der Waals surface area contributed by atoms with Gasteiger partial charge >= 0.3 is 0 Å². The summed E-state index contributed by atoms with van der Waals surface area (Å²) in [5.41, 5.74) is 0. The fraction of sp³-hybridized carbons (Fsp3) is 0.800. The molecule has 1 aromatic heterocycles. The number of hydrogen-bond donors (Lipinski definition) is 1. The monoisotopic (exact) mass is 213 g/mol. The van der Waals surface area contributed by atoms with Gasteiger partial charge in [-0.15, -0.1) is 0 Å². The summed E-state index contributed by atoms with van der Waals surface area (Å²) in [4.78, 5) is 4.26. The first kappa shape index (κ1) is 12.1. The summed E-state index contributed by atoms with van der Waals surface area (Å²) in [6.45, 7) is 5.29. The Labute approximate surface area is 90.2 Å². The first-order chi connectivity index (χ1) is 7.31. The minimum absolute atomic E-state index is 0.137. The molecule has 0 fully saturated rings. The second-order valence-electron chi connectivity index (χ2n) is 3.35. The van der Waals surface area contributed by atoms with E-state index in [2.05, 4.69) is 29.3 Å². The Morgan fingerprint density at radius 1 is 1.47 bits per heavy atom. The lowest BCUT2D eigenvalue weighted by Crippen LogP contribution is -2.15. The highest BCUT2D eigenvalue weighted by Crippen LogP contribution is 2.13. The average molecular weight is 213 g/mol. The second kappa shape index (κ2) is 6.53. The van der Waals surface area contributed by atoms with Crippen LogP contribution in [0.5, 0.6) is 0 Å². The molecule has 0 saturated carbocycles. The predicted molar refractivity (Wildman–Crippen MR) is 56.3 cm³/mol. The van der Waals surface area contributed by atoms with Gasteiger partial charge in [0, 0.05) is 6.61 Å². The second-order valence-corrected chi connectivity index (χ2v) is 3.35. The van der Waals surface area contributed by atoms with Crippen LogP contribution in [0.3, 0.4) is 0 Å². The van der Waals surface area contributed by atoms with E-state index in [9.17, 15) is 0 Å². The van der Waals surface area contributed by atoms with Crippen molar-refractivity contribution >= 4 is 0 Å². The van der Waals surface area contributed by atoms with Crippen LogP contribution < -0.4 is 5.32 Å². The third-order valence-electron chi connectivity index (χ3n) is 2.12. The Bertz CT molecular complexity index is 271. The number of aromatic nitrogens is 2. The highest BCUT2D eigenvalue weighted by Gasteiger charge is 2.14. The van der Waals surface area contributed by atoms with Gasteiger partial charge in [0.2, 0.25) is 5.89 Å². The van der Waals surface area contributed by atoms with Gasteiger partial charge in [0.15, 0.2) is 5.82 Å². The van der Waals surface area contributed by atoms with E-state index in [0.29, 0.717) is 18.3 Å². The summed E-state index contributed by atoms with van der Waals surface area (Å²) >= 11 is 0. The van der Waals surface area contributed by atoms with Gasteiger partial charge in [0.1, 0.15) is 6.61 Å². The maximum absolute atomic E-state index is 5.32. The van der Waals surface area contributed by atoms with Crippen LogP contribution in [0.2, 0.25) is 0 Å². The lowest BCUT2D eigenvalue weighted by molar-refractivity contribution is 0.114. The van der Waals surface area contributed by atoms with Crippen molar-refractivity contribution in [2.45, 2.75) is 39.3 Å². The zero-order valence-electron chi connectivity index (χ0n) is 9.62. The van der Waals surface area contributed by atoms with E-state index in [4.69, 9.17) is 9.26 Å². The van der Waals surface area contributed by atoms with Gasteiger partial charge < -0.3 is 14.6 Å². The van der Waals surface area contributed by atoms with E-state index >= 15 is 0 Å². The lowest BCUT2D eigenvalue weighted by Gasteiger charge is -2.06. The molecule has 0 aromatic carbocycles. The molecular formula is C10H19N3O2. The molecule has 1 rings (SSSR count). The van der Waals surface area contributed by atoms with Crippen molar-refractivity contribution in [2.24, 2.45) is 0 Å². The maximum Gasteiger partial charge on any atom is 0.243 e. The van der Waals surface area contributed by atoms with Crippen LogP contribution in [0.25, 0.3) is 0 Å². The molecule has 0 radical (unpaired) electrons. The van der Waals surface area contributed by atoms with Crippen molar-refractivity contribution in [1.29, 1.82) is 0 Å². The van der Waals surface area contributed by atoms with E-state index in [0.717, 1.165) is 19.4 Å². The molecule has 1 N–H and O–H groups in total. The first-order valence-electron chi connectivity index (χ1n) is 5.39. The highest BCUT2D eigenvalue weighted by molar-refractivity contribution is 4.91. The number of ether oxygens (including phenoxy) is 1. The van der Waals surface area contributed by atoms with E-state index in [1.165, 1.54) is 0 Å². The fourth-order valence-electron chi connectivity index (χ4n) is 1.28. The van der Waals surface area contributed by atoms with Crippen molar-refractivity contribution in [3.05, 3.63) is 11.7 Å². The minimum atomic E-state index is 0.137. The standard InChI is InChI=1S/C10H19N3O2/c1-4-6-14-7-9-12-10(15-13-9)8(5-2)11-3/h8,11H,4-7H2,1-3H3. The van der Waals surface area contributed by atoms with Gasteiger partial charge in [0.25, 0.3) is 0 Å². The number of nitrogens with zero attached hydrogens (tertiary/aromatic N) is 2. The molecular weight excluding hydrogens is 194 g/mol. The molecule has 1 atom stereocenters. The van der Waals surface area contributed by atoms with Crippen LogP contribution in [0.15, 0.2) is 4.52 Å². The number of hydrogen-bond acceptors (Lipinski definition) is 5. The summed E-state index contributed by atoms with van der Waals surface area (Å²) in [6.07, 6.45) is 1.92. The summed E-state index contributed by atoms with van der Waals surface area (Å²) in [5, 5.41) is 6.97. The molecule has 0 bridgehead atoms. The summed E-state index contributed by atoms with van der Waals surface area (Å²) in [5.74, 6) is 1.25. The Kier molecular flexibility index (Phi) is 5.28. The molecule has 1 unspecified atom stereocenters. The molecule has 15 heavy (non-hydrogen) atoms. The highest BCUT2D eigenvalue weighted by atomic mass is 16.5. The zero-order valence-corrected chi connectivity index (χ0v) is 9.62. The van der Waals surface area contributed by atoms with Crippen LogP contribution in [0.4, 0.5) is 0 Å². The molecule has 86 valence electrons. The fourth-order valence-corrected chi connectivity index (χ4v) is 1.28. The lowest BCUT2D eigenvalue weighted by atomic mass is 10.2. The van der Waals surface area contributed by atoms with Gasteiger partial charge in [-0.25, -0.2) is 0 Å². The van der Waals surface area contributed by atoms with Crippen molar-refractivity contribution in [1.82, 2.24) is 15.5 Å². The Morgan fingerprint density at radius 2 is 2.27 bits per heavy atom. The van der Waals surface area contributed by atoms with E-state index < -0.39 is 0 Å². The van der Waals surface area contributed by atoms with E-state index in [1.807, 2.05) is 7.05 Å². The predicted octanol–water partition coefficient (Wildman–Crippen LogP) is 1.67. The van der Waals surface area contributed by atoms with Gasteiger partial charge in [0.05, 0.1) is 6.04 Å². The van der Waals surface area contributed by atoms with E-state index in [1.54, 1.807) is 0 Å². The Morgan fingerprint density at radius 3 is 2.87 bits per heavy atom. The molecule has 1 heterocycles. The molecule has 0 spiro atoms. The third-order valence-corrected chi connectivity index (χ3v) is 2.12. The average Bonchev–Trinajstić information content (AvgIpc) is 2.69. The van der Waals surface area contributed by atoms with Crippen LogP contribution in [0, 0.1) is 0 Å². The smallest absolute Gasteiger partial charge is 0.243 e. The molecule has 0 aliphatic carbocycles. The molecule has 1 aromatic rings. The molecule has 5 heteroatoms. The topological polar surface area (TPSA) is 60.2 Å². The van der Waals surface area contributed by atoms with Crippen molar-refractivity contribution in [3.63, 3.8) is 0 Å². The van der Waals surface area contributed by atoms with Gasteiger partial charge in [-0.2, -0.15) is 4.98 Å². The quantitative estimate of drug-likeness (QED) is 0.698. The van der Waals surface area contributed by atoms with Crippen molar-refractivity contribution < 1.29 is 9.26 Å². The number of rotatable bonds is 7. The van der Waals surface area contributed by atoms with Crippen LogP contribution in [0.1, 0.15) is 44.4 Å². The van der Waals surface area contributed by atoms with Gasteiger partial charge in [-0.3, -0.25) is 0 Å². The first-order valence-corrected chi connectivity index (χ1v) is 5.39. The van der Waals surface area contributed by atoms with Crippen LogP contribution in [-0.2, 0) is 11.3 Å².